The number of hydrogen-bond acceptors (Lipinski definition) is 9. The minimum Gasteiger partial charge on any atom is -0.447 e. The van der Waals surface area contributed by atoms with Crippen LogP contribution in [0, 0.1) is 0 Å². The van der Waals surface area contributed by atoms with Crippen LogP contribution in [0.1, 0.15) is 59.9 Å². The summed E-state index contributed by atoms with van der Waals surface area (Å²) in [5.41, 5.74) is 4.51. The van der Waals surface area contributed by atoms with Gasteiger partial charge in [0.05, 0.1) is 6.04 Å². The zero-order valence-electron chi connectivity index (χ0n) is 22.3. The second-order valence-corrected chi connectivity index (χ2v) is 11.0. The molecule has 0 spiro atoms. The molecule has 204 valence electrons. The fourth-order valence-corrected chi connectivity index (χ4v) is 4.04. The molecule has 2 aliphatic rings. The van der Waals surface area contributed by atoms with Crippen LogP contribution in [-0.2, 0) is 25.4 Å². The molecule has 12 nitrogen and oxygen atoms in total. The Labute approximate surface area is 217 Å². The lowest BCUT2D eigenvalue weighted by Crippen LogP contribution is -2.69. The van der Waals surface area contributed by atoms with Crippen LogP contribution in [0.4, 0.5) is 14.4 Å². The third kappa shape index (κ3) is 8.05. The maximum atomic E-state index is 13.8. The summed E-state index contributed by atoms with van der Waals surface area (Å²) in [7, 11) is 0. The van der Waals surface area contributed by atoms with E-state index in [1.54, 1.807) is 41.5 Å². The third-order valence-corrected chi connectivity index (χ3v) is 5.42. The van der Waals surface area contributed by atoms with Crippen molar-refractivity contribution in [1.82, 2.24) is 26.0 Å². The molecule has 2 atom stereocenters. The van der Waals surface area contributed by atoms with Crippen LogP contribution in [0.15, 0.2) is 30.3 Å². The summed E-state index contributed by atoms with van der Waals surface area (Å²) in [5, 5.41) is 2.48. The molecule has 4 amide bonds. The first kappa shape index (κ1) is 28.2. The number of benzene rings is 1. The number of carbonyl (C=O) groups excluding carboxylic acids is 4. The lowest BCUT2D eigenvalue weighted by atomic mass is 10.0. The Morgan fingerprint density at radius 2 is 1.57 bits per heavy atom. The van der Waals surface area contributed by atoms with E-state index in [1.807, 2.05) is 30.3 Å². The molecular weight excluding hydrogens is 482 g/mol. The van der Waals surface area contributed by atoms with Crippen LogP contribution >= 0.6 is 0 Å². The highest BCUT2D eigenvalue weighted by Crippen LogP contribution is 2.24. The van der Waals surface area contributed by atoms with E-state index in [0.29, 0.717) is 19.3 Å². The molecule has 2 heterocycles. The van der Waals surface area contributed by atoms with Gasteiger partial charge in [-0.3, -0.25) is 4.79 Å². The molecule has 0 aliphatic carbocycles. The van der Waals surface area contributed by atoms with Crippen LogP contribution in [0.2, 0.25) is 0 Å². The fourth-order valence-electron chi connectivity index (χ4n) is 4.04. The van der Waals surface area contributed by atoms with Gasteiger partial charge < -0.3 is 14.2 Å². The topological polar surface area (TPSA) is 130 Å². The highest BCUT2D eigenvalue weighted by atomic mass is 16.6. The average molecular weight is 520 g/mol. The van der Waals surface area contributed by atoms with E-state index in [2.05, 4.69) is 10.9 Å². The van der Waals surface area contributed by atoms with Gasteiger partial charge in [-0.2, -0.15) is 0 Å². The van der Waals surface area contributed by atoms with Crippen LogP contribution in [0.5, 0.6) is 0 Å². The summed E-state index contributed by atoms with van der Waals surface area (Å²) < 4.78 is 15.9. The van der Waals surface area contributed by atoms with Gasteiger partial charge in [-0.15, -0.1) is 10.2 Å². The number of carbonyl (C=O) groups is 4. The van der Waals surface area contributed by atoms with Gasteiger partial charge in [0.25, 0.3) is 5.91 Å². The Balaban J connectivity index is 1.84. The van der Waals surface area contributed by atoms with E-state index < -0.39 is 47.5 Å². The summed E-state index contributed by atoms with van der Waals surface area (Å²) in [6.07, 6.45) is -1.12. The van der Waals surface area contributed by atoms with Crippen LogP contribution < -0.4 is 10.9 Å². The minimum atomic E-state index is -1.01. The molecule has 0 aromatic heterocycles. The molecule has 2 aliphatic heterocycles. The average Bonchev–Trinajstić information content (AvgIpc) is 3.12. The number of rotatable bonds is 5. The first-order valence-electron chi connectivity index (χ1n) is 12.3. The first-order valence-corrected chi connectivity index (χ1v) is 12.3. The quantitative estimate of drug-likeness (QED) is 0.564. The largest absolute Gasteiger partial charge is 0.447 e. The summed E-state index contributed by atoms with van der Waals surface area (Å²) >= 11 is 0. The molecule has 2 saturated heterocycles. The van der Waals surface area contributed by atoms with E-state index >= 15 is 0 Å². The molecular formula is C25H37N5O7. The van der Waals surface area contributed by atoms with Gasteiger partial charge in [-0.1, -0.05) is 30.3 Å². The number of nitrogens with one attached hydrogen (secondary N) is 2. The number of amides is 4. The molecule has 37 heavy (non-hydrogen) atoms. The maximum Gasteiger partial charge on any atom is 0.423 e. The summed E-state index contributed by atoms with van der Waals surface area (Å²) in [5.74, 6) is -0.560. The van der Waals surface area contributed by atoms with E-state index in [1.165, 1.54) is 10.2 Å². The predicted molar refractivity (Wildman–Crippen MR) is 132 cm³/mol. The highest BCUT2D eigenvalue weighted by Gasteiger charge is 2.46. The molecule has 2 N–H and O–H groups in total. The van der Waals surface area contributed by atoms with Gasteiger partial charge in [0.2, 0.25) is 0 Å². The standard InChI is InChI=1S/C25H37N5O7/c1-24(2,3)36-21(32)26-28-14-10-13-19(30(28)27-22(33)37-25(4,5)6)20(31)29-18(16-35-23(29)34)15-17-11-8-7-9-12-17/h7-9,11-12,18-19H,10,13-16H2,1-6H3,(H,26,32)(H,27,33)/t18-,19-/m0/s1. The second kappa shape index (κ2) is 11.3. The van der Waals surface area contributed by atoms with Crippen molar-refractivity contribution in [3.8, 4) is 0 Å². The Morgan fingerprint density at radius 1 is 0.973 bits per heavy atom. The molecule has 1 aromatic rings. The van der Waals surface area contributed by atoms with Crippen LogP contribution in [0.3, 0.4) is 0 Å². The molecule has 1 aromatic carbocycles. The number of hydrogen-bond donors (Lipinski definition) is 2. The molecule has 0 saturated carbocycles. The van der Waals surface area contributed by atoms with Gasteiger partial charge >= 0.3 is 18.3 Å². The van der Waals surface area contributed by atoms with Crippen molar-refractivity contribution in [3.05, 3.63) is 35.9 Å². The molecule has 0 unspecified atom stereocenters. The number of hydrazine groups is 3. The van der Waals surface area contributed by atoms with E-state index in [4.69, 9.17) is 14.2 Å². The van der Waals surface area contributed by atoms with Crippen LogP contribution in [0.25, 0.3) is 0 Å². The summed E-state index contributed by atoms with van der Waals surface area (Å²) in [6.45, 7) is 10.6. The van der Waals surface area contributed by atoms with Crippen molar-refractivity contribution in [3.63, 3.8) is 0 Å². The van der Waals surface area contributed by atoms with Gasteiger partial charge in [-0.25, -0.2) is 30.1 Å². The highest BCUT2D eigenvalue weighted by molar-refractivity contribution is 5.96. The van der Waals surface area contributed by atoms with Gasteiger partial charge in [0.1, 0.15) is 23.9 Å². The maximum absolute atomic E-state index is 13.8. The lowest BCUT2D eigenvalue weighted by Gasteiger charge is -2.43. The number of ether oxygens (including phenoxy) is 3. The lowest BCUT2D eigenvalue weighted by molar-refractivity contribution is -0.174. The summed E-state index contributed by atoms with van der Waals surface area (Å²) in [6, 6.07) is 7.95. The SMILES string of the molecule is CC(C)(C)OC(=O)NN1CCC[C@@H](C(=O)N2C(=O)OC[C@@H]2Cc2ccccc2)N1NC(=O)OC(C)(C)C. The van der Waals surface area contributed by atoms with Gasteiger partial charge in [0, 0.05) is 6.54 Å². The molecule has 0 radical (unpaired) electrons. The van der Waals surface area contributed by atoms with E-state index in [-0.39, 0.29) is 13.2 Å². The smallest absolute Gasteiger partial charge is 0.423 e. The Bertz CT molecular complexity index is 989. The predicted octanol–water partition coefficient (Wildman–Crippen LogP) is 3.14. The van der Waals surface area contributed by atoms with Crippen molar-refractivity contribution in [2.75, 3.05) is 13.2 Å². The first-order chi connectivity index (χ1) is 17.2. The van der Waals surface area contributed by atoms with Crippen molar-refractivity contribution in [1.29, 1.82) is 0 Å². The number of imide groups is 1. The van der Waals surface area contributed by atoms with Crippen molar-refractivity contribution in [2.24, 2.45) is 0 Å². The Hall–Kier alpha value is -3.38. The number of nitrogens with zero attached hydrogens (tertiary/aromatic N) is 3. The second-order valence-electron chi connectivity index (χ2n) is 11.0. The third-order valence-electron chi connectivity index (χ3n) is 5.42. The molecule has 12 heteroatoms. The Morgan fingerprint density at radius 3 is 2.16 bits per heavy atom. The minimum absolute atomic E-state index is 0.0611. The number of cyclic esters (lactones) is 1. The molecule has 0 bridgehead atoms. The van der Waals surface area contributed by atoms with Crippen molar-refractivity contribution in [2.45, 2.75) is 84.1 Å². The Kier molecular flexibility index (Phi) is 8.64. The molecule has 3 rings (SSSR count). The van der Waals surface area contributed by atoms with Crippen LogP contribution in [-0.4, -0.2) is 75.8 Å². The monoisotopic (exact) mass is 519 g/mol. The van der Waals surface area contributed by atoms with Crippen molar-refractivity contribution < 1.29 is 33.4 Å². The van der Waals surface area contributed by atoms with E-state index in [0.717, 1.165) is 10.5 Å². The van der Waals surface area contributed by atoms with Gasteiger partial charge in [-0.05, 0) is 66.4 Å². The summed E-state index contributed by atoms with van der Waals surface area (Å²) in [4.78, 5) is 52.7. The fraction of sp³-hybridized carbons (Fsp3) is 0.600. The zero-order valence-corrected chi connectivity index (χ0v) is 22.3. The van der Waals surface area contributed by atoms with E-state index in [9.17, 15) is 19.2 Å². The normalized spacial score (nSPS) is 21.2. The zero-order chi connectivity index (χ0) is 27.4. The van der Waals surface area contributed by atoms with Crippen molar-refractivity contribution >= 4 is 24.2 Å². The van der Waals surface area contributed by atoms with Gasteiger partial charge in [0.15, 0.2) is 0 Å². The molecule has 2 fully saturated rings.